The van der Waals surface area contributed by atoms with Crippen LogP contribution in [0.5, 0.6) is 0 Å². The molecule has 2 fully saturated rings. The number of hydrogen-bond donors (Lipinski definition) is 2. The zero-order chi connectivity index (χ0) is 29.5. The molecule has 5 aromatic rings. The summed E-state index contributed by atoms with van der Waals surface area (Å²) in [7, 11) is 0. The van der Waals surface area contributed by atoms with Gasteiger partial charge in [0.1, 0.15) is 17.2 Å². The van der Waals surface area contributed by atoms with Gasteiger partial charge >= 0.3 is 5.69 Å². The van der Waals surface area contributed by atoms with Crippen LogP contribution >= 0.6 is 0 Å². The quantitative estimate of drug-likeness (QED) is 0.273. The first-order valence-electron chi connectivity index (χ1n) is 14.9. The highest BCUT2D eigenvalue weighted by atomic mass is 16.5. The zero-order valence-electron chi connectivity index (χ0n) is 24.1. The molecule has 2 aliphatic rings. The molecule has 7 rings (SSSR count). The van der Waals surface area contributed by atoms with Gasteiger partial charge in [0.15, 0.2) is 5.65 Å². The normalized spacial score (nSPS) is 15.8. The lowest BCUT2D eigenvalue weighted by Crippen LogP contribution is -2.43. The SMILES string of the molecule is CCCn1c(=O)n(C2CC2)c(=O)c2[nH]c(-c3ccc(N(CCN4CCOCC4)C(=O)c4c[nH]c5ccccc45)nc3)nc21. The summed E-state index contributed by atoms with van der Waals surface area (Å²) in [6.45, 7) is 6.60. The van der Waals surface area contributed by atoms with E-state index in [-0.39, 0.29) is 23.2 Å². The Balaban J connectivity index is 1.23. The maximum Gasteiger partial charge on any atom is 0.333 e. The number of aromatic nitrogens is 6. The third-order valence-corrected chi connectivity index (χ3v) is 8.28. The van der Waals surface area contributed by atoms with E-state index in [1.807, 2.05) is 37.3 Å². The van der Waals surface area contributed by atoms with E-state index >= 15 is 0 Å². The molecule has 5 heterocycles. The summed E-state index contributed by atoms with van der Waals surface area (Å²) in [4.78, 5) is 60.1. The number of fused-ring (bicyclic) bond motifs is 2. The van der Waals surface area contributed by atoms with Crippen molar-refractivity contribution < 1.29 is 9.53 Å². The number of imidazole rings is 1. The number of H-pyrrole nitrogens is 2. The first-order valence-corrected chi connectivity index (χ1v) is 14.9. The minimum atomic E-state index is -0.336. The van der Waals surface area contributed by atoms with Gasteiger partial charge in [0, 0.05) is 67.6 Å². The molecule has 1 amide bonds. The van der Waals surface area contributed by atoms with Gasteiger partial charge in [-0.2, -0.15) is 0 Å². The fourth-order valence-electron chi connectivity index (χ4n) is 5.82. The van der Waals surface area contributed by atoms with Crippen LogP contribution in [0, 0.1) is 0 Å². The van der Waals surface area contributed by atoms with E-state index in [2.05, 4.69) is 19.9 Å². The standard InChI is InChI=1S/C31H34N8O4/c1-2-11-38-28-26(30(41)39(31(38)42)21-8-9-21)34-27(35-28)20-7-10-25(33-18-20)37(13-12-36-14-16-43-17-15-36)29(40)23-19-32-24-6-4-3-5-22(23)24/h3-7,10,18-19,21,32H,2,8-9,11-17H2,1H3,(H,34,35). The van der Waals surface area contributed by atoms with E-state index in [1.165, 1.54) is 4.57 Å². The molecule has 0 unspecified atom stereocenters. The number of hydrogen-bond acceptors (Lipinski definition) is 7. The van der Waals surface area contributed by atoms with E-state index in [1.54, 1.807) is 27.9 Å². The molecule has 1 saturated heterocycles. The smallest absolute Gasteiger partial charge is 0.333 e. The third kappa shape index (κ3) is 5.06. The number of nitrogens with zero attached hydrogens (tertiary/aromatic N) is 6. The van der Waals surface area contributed by atoms with Crippen LogP contribution in [0.25, 0.3) is 33.5 Å². The molecule has 12 heteroatoms. The van der Waals surface area contributed by atoms with Gasteiger partial charge in [-0.15, -0.1) is 0 Å². The first kappa shape index (κ1) is 27.3. The van der Waals surface area contributed by atoms with E-state index < -0.39 is 0 Å². The predicted molar refractivity (Wildman–Crippen MR) is 164 cm³/mol. The molecule has 1 aromatic carbocycles. The molecule has 1 saturated carbocycles. The lowest BCUT2D eigenvalue weighted by molar-refractivity contribution is 0.0391. The van der Waals surface area contributed by atoms with Gasteiger partial charge < -0.3 is 14.7 Å². The number of aryl methyl sites for hydroxylation is 1. The summed E-state index contributed by atoms with van der Waals surface area (Å²) in [6.07, 6.45) is 5.80. The number of carbonyl (C=O) groups is 1. The van der Waals surface area contributed by atoms with Crippen molar-refractivity contribution in [3.05, 3.63) is 75.2 Å². The molecule has 12 nitrogen and oxygen atoms in total. The molecule has 2 N–H and O–H groups in total. The average Bonchev–Trinajstić information content (AvgIpc) is 3.61. The Morgan fingerprint density at radius 3 is 2.65 bits per heavy atom. The van der Waals surface area contributed by atoms with Crippen molar-refractivity contribution in [1.82, 2.24) is 34.0 Å². The van der Waals surface area contributed by atoms with Gasteiger partial charge in [0.05, 0.1) is 18.8 Å². The Bertz CT molecular complexity index is 1910. The number of aromatic amines is 2. The van der Waals surface area contributed by atoms with Crippen molar-refractivity contribution in [3.63, 3.8) is 0 Å². The average molecular weight is 583 g/mol. The van der Waals surface area contributed by atoms with Crippen LogP contribution in [0.2, 0.25) is 0 Å². The largest absolute Gasteiger partial charge is 0.379 e. The van der Waals surface area contributed by atoms with E-state index in [4.69, 9.17) is 9.72 Å². The molecule has 4 aromatic heterocycles. The Kier molecular flexibility index (Phi) is 7.15. The van der Waals surface area contributed by atoms with Crippen LogP contribution in [-0.4, -0.2) is 79.3 Å². The number of benzene rings is 1. The van der Waals surface area contributed by atoms with Crippen LogP contribution in [0.1, 0.15) is 42.6 Å². The second kappa shape index (κ2) is 11.3. The summed E-state index contributed by atoms with van der Waals surface area (Å²) in [5.74, 6) is 0.827. The molecule has 0 bridgehead atoms. The number of nitrogens with one attached hydrogen (secondary N) is 2. The Morgan fingerprint density at radius 2 is 1.91 bits per heavy atom. The molecular weight excluding hydrogens is 548 g/mol. The Hall–Kier alpha value is -4.55. The van der Waals surface area contributed by atoms with Crippen LogP contribution in [0.15, 0.2) is 58.4 Å². The van der Waals surface area contributed by atoms with Crippen LogP contribution in [0.4, 0.5) is 5.82 Å². The van der Waals surface area contributed by atoms with Crippen LogP contribution in [0.3, 0.4) is 0 Å². The summed E-state index contributed by atoms with van der Waals surface area (Å²) >= 11 is 0. The summed E-state index contributed by atoms with van der Waals surface area (Å²) in [5.41, 5.74) is 2.17. The third-order valence-electron chi connectivity index (χ3n) is 8.28. The highest BCUT2D eigenvalue weighted by molar-refractivity contribution is 6.13. The van der Waals surface area contributed by atoms with Gasteiger partial charge in [-0.25, -0.2) is 14.8 Å². The van der Waals surface area contributed by atoms with E-state index in [0.29, 0.717) is 66.8 Å². The van der Waals surface area contributed by atoms with Crippen LogP contribution in [-0.2, 0) is 11.3 Å². The lowest BCUT2D eigenvalue weighted by Gasteiger charge is -2.29. The maximum absolute atomic E-state index is 14.0. The van der Waals surface area contributed by atoms with Crippen LogP contribution < -0.4 is 16.1 Å². The number of carbonyl (C=O) groups excluding carboxylic acids is 1. The van der Waals surface area contributed by atoms with E-state index in [0.717, 1.165) is 43.3 Å². The van der Waals surface area contributed by atoms with Crippen molar-refractivity contribution in [1.29, 1.82) is 0 Å². The van der Waals surface area contributed by atoms with E-state index in [9.17, 15) is 14.4 Å². The van der Waals surface area contributed by atoms with Gasteiger partial charge in [-0.1, -0.05) is 25.1 Å². The molecule has 0 atom stereocenters. The molecule has 222 valence electrons. The second-order valence-corrected chi connectivity index (χ2v) is 11.2. The molecule has 43 heavy (non-hydrogen) atoms. The lowest BCUT2D eigenvalue weighted by atomic mass is 10.1. The van der Waals surface area contributed by atoms with Gasteiger partial charge in [0.2, 0.25) is 0 Å². The highest BCUT2D eigenvalue weighted by Gasteiger charge is 2.30. The molecule has 0 radical (unpaired) electrons. The van der Waals surface area contributed by atoms with Gasteiger partial charge in [-0.3, -0.25) is 28.5 Å². The topological polar surface area (TPSA) is 134 Å². The predicted octanol–water partition coefficient (Wildman–Crippen LogP) is 3.15. The minimum Gasteiger partial charge on any atom is -0.379 e. The number of pyridine rings is 1. The number of amides is 1. The van der Waals surface area contributed by atoms with Crippen molar-refractivity contribution in [2.24, 2.45) is 0 Å². The van der Waals surface area contributed by atoms with Crippen molar-refractivity contribution in [2.75, 3.05) is 44.3 Å². The number of rotatable bonds is 9. The van der Waals surface area contributed by atoms with Gasteiger partial charge in [0.25, 0.3) is 11.5 Å². The number of anilines is 1. The summed E-state index contributed by atoms with van der Waals surface area (Å²) in [6, 6.07) is 11.3. The molecule has 0 spiro atoms. The minimum absolute atomic E-state index is 0.0432. The Morgan fingerprint density at radius 1 is 1.09 bits per heavy atom. The van der Waals surface area contributed by atoms with Crippen molar-refractivity contribution in [3.8, 4) is 11.4 Å². The Labute approximate surface area is 246 Å². The first-order chi connectivity index (χ1) is 21.0. The number of ether oxygens (including phenoxy) is 1. The maximum atomic E-state index is 14.0. The molecule has 1 aliphatic carbocycles. The summed E-state index contributed by atoms with van der Waals surface area (Å²) in [5, 5.41) is 0.859. The fraction of sp³-hybridized carbons (Fsp3) is 0.387. The fourth-order valence-corrected chi connectivity index (χ4v) is 5.82. The van der Waals surface area contributed by atoms with Crippen molar-refractivity contribution >= 4 is 33.8 Å². The molecular formula is C31H34N8O4. The summed E-state index contributed by atoms with van der Waals surface area (Å²) < 4.78 is 8.44. The van der Waals surface area contributed by atoms with Crippen molar-refractivity contribution in [2.45, 2.75) is 38.8 Å². The monoisotopic (exact) mass is 582 g/mol. The second-order valence-electron chi connectivity index (χ2n) is 11.2. The number of morpholine rings is 1. The van der Waals surface area contributed by atoms with Gasteiger partial charge in [-0.05, 0) is 37.5 Å². The highest BCUT2D eigenvalue weighted by Crippen LogP contribution is 2.32. The number of para-hydroxylation sites is 1. The zero-order valence-corrected chi connectivity index (χ0v) is 24.1. The molecule has 1 aliphatic heterocycles.